The van der Waals surface area contributed by atoms with Gasteiger partial charge in [0.05, 0.1) is 21.9 Å². The van der Waals surface area contributed by atoms with Gasteiger partial charge >= 0.3 is 5.97 Å². The van der Waals surface area contributed by atoms with E-state index in [1.54, 1.807) is 18.3 Å². The molecule has 4 aromatic rings. The summed E-state index contributed by atoms with van der Waals surface area (Å²) in [7, 11) is 0. The number of carboxylic acids is 1. The lowest BCUT2D eigenvalue weighted by Crippen LogP contribution is -2.57. The highest BCUT2D eigenvalue weighted by molar-refractivity contribution is 6.43. The Morgan fingerprint density at radius 2 is 1.73 bits per heavy atom. The van der Waals surface area contributed by atoms with Crippen molar-refractivity contribution in [3.8, 4) is 0 Å². The molecule has 3 heterocycles. The van der Waals surface area contributed by atoms with Crippen LogP contribution in [0.5, 0.6) is 0 Å². The molecule has 3 N–H and O–H groups in total. The number of fused-ring (bicyclic) bond motifs is 2. The highest BCUT2D eigenvalue weighted by Gasteiger charge is 2.68. The van der Waals surface area contributed by atoms with Crippen molar-refractivity contribution in [1.29, 1.82) is 0 Å². The zero-order chi connectivity index (χ0) is 28.9. The molecule has 4 unspecified atom stereocenters. The van der Waals surface area contributed by atoms with Crippen LogP contribution in [0.1, 0.15) is 22.7 Å². The Morgan fingerprint density at radius 1 is 1.00 bits per heavy atom. The Balaban J connectivity index is 1.45. The lowest BCUT2D eigenvalue weighted by atomic mass is 9.76. The van der Waals surface area contributed by atoms with Crippen molar-refractivity contribution < 1.29 is 19.5 Å². The van der Waals surface area contributed by atoms with E-state index in [-0.39, 0.29) is 28.0 Å². The van der Waals surface area contributed by atoms with Crippen LogP contribution in [0.15, 0.2) is 79.0 Å². The van der Waals surface area contributed by atoms with Gasteiger partial charge in [-0.2, -0.15) is 0 Å². The van der Waals surface area contributed by atoms with E-state index in [9.17, 15) is 19.5 Å². The molecule has 0 saturated carbocycles. The van der Waals surface area contributed by atoms with Gasteiger partial charge in [-0.05, 0) is 34.9 Å². The maximum atomic E-state index is 14.0. The summed E-state index contributed by atoms with van der Waals surface area (Å²) >= 11 is 19.3. The number of hydrogen-bond acceptors (Lipinski definition) is 4. The third-order valence-corrected chi connectivity index (χ3v) is 9.06. The fourth-order valence-corrected chi connectivity index (χ4v) is 6.92. The topological polar surface area (TPSA) is 102 Å². The third-order valence-electron chi connectivity index (χ3n) is 8.03. The molecular weight excluding hydrogens is 585 g/mol. The Bertz CT molecular complexity index is 1720. The molecule has 41 heavy (non-hydrogen) atoms. The fourth-order valence-electron chi connectivity index (χ4n) is 6.18. The molecule has 0 aliphatic carbocycles. The first kappa shape index (κ1) is 27.5. The number of H-pyrrole nitrogens is 1. The zero-order valence-electron chi connectivity index (χ0n) is 21.5. The monoisotopic (exact) mass is 607 g/mol. The average Bonchev–Trinajstić information content (AvgIpc) is 3.60. The van der Waals surface area contributed by atoms with Crippen molar-refractivity contribution in [3.05, 3.63) is 111 Å². The van der Waals surface area contributed by atoms with E-state index >= 15 is 0 Å². The molecule has 2 aliphatic heterocycles. The molecule has 2 aliphatic rings. The normalized spacial score (nSPS) is 24.1. The van der Waals surface area contributed by atoms with E-state index in [0.29, 0.717) is 11.1 Å². The standard InChI is InChI=1S/C31H24Cl3N3O4/c32-19-13-21(26(34)22(33)14-19)27-24-25(29(39)37(28(24)38)12-6-9-17-7-2-1-3-8-17)31(36-27,30(40)41)15-18-16-35-23-11-5-4-10-20(18)23/h1-11,13-14,16,24-25,27,35-36H,12,15H2,(H,40,41). The Kier molecular flexibility index (Phi) is 7.16. The number of para-hydroxylation sites is 1. The summed E-state index contributed by atoms with van der Waals surface area (Å²) in [5.41, 5.74) is 0.992. The van der Waals surface area contributed by atoms with E-state index in [0.717, 1.165) is 21.4 Å². The van der Waals surface area contributed by atoms with Gasteiger partial charge in [0.1, 0.15) is 5.54 Å². The first-order valence-electron chi connectivity index (χ1n) is 13.0. The second kappa shape index (κ2) is 10.7. The molecule has 208 valence electrons. The van der Waals surface area contributed by atoms with Crippen LogP contribution >= 0.6 is 34.8 Å². The molecule has 2 amide bonds. The number of halogens is 3. The number of hydrogen-bond donors (Lipinski definition) is 3. The fraction of sp³-hybridized carbons (Fsp3) is 0.194. The average molecular weight is 609 g/mol. The molecular formula is C31H24Cl3N3O4. The summed E-state index contributed by atoms with van der Waals surface area (Å²) in [6.45, 7) is -0.000893. The van der Waals surface area contributed by atoms with E-state index in [2.05, 4.69) is 10.3 Å². The predicted octanol–water partition coefficient (Wildman–Crippen LogP) is 6.15. The van der Waals surface area contributed by atoms with Crippen LogP contribution in [0, 0.1) is 11.8 Å². The minimum Gasteiger partial charge on any atom is -0.480 e. The molecule has 4 atom stereocenters. The van der Waals surface area contributed by atoms with Crippen molar-refractivity contribution in [2.45, 2.75) is 18.0 Å². The Hall–Kier alpha value is -3.62. The molecule has 2 fully saturated rings. The molecule has 0 radical (unpaired) electrons. The molecule has 0 spiro atoms. The molecule has 1 aromatic heterocycles. The summed E-state index contributed by atoms with van der Waals surface area (Å²) < 4.78 is 0. The highest BCUT2D eigenvalue weighted by atomic mass is 35.5. The number of benzene rings is 3. The zero-order valence-corrected chi connectivity index (χ0v) is 23.8. The Labute approximate surface area is 250 Å². The smallest absolute Gasteiger partial charge is 0.325 e. The first-order valence-corrected chi connectivity index (χ1v) is 14.1. The van der Waals surface area contributed by atoms with E-state index in [1.807, 2.05) is 60.7 Å². The molecule has 2 saturated heterocycles. The number of carbonyl (C=O) groups excluding carboxylic acids is 2. The number of likely N-dealkylation sites (tertiary alicyclic amines) is 1. The van der Waals surface area contributed by atoms with Crippen LogP contribution < -0.4 is 5.32 Å². The van der Waals surface area contributed by atoms with E-state index < -0.39 is 41.2 Å². The van der Waals surface area contributed by atoms with Crippen LogP contribution in [0.25, 0.3) is 17.0 Å². The summed E-state index contributed by atoms with van der Waals surface area (Å²) in [5, 5.41) is 15.4. The number of aromatic amines is 1. The van der Waals surface area contributed by atoms with Crippen LogP contribution in [0.4, 0.5) is 0 Å². The van der Waals surface area contributed by atoms with Crippen molar-refractivity contribution in [1.82, 2.24) is 15.2 Å². The maximum absolute atomic E-state index is 14.0. The van der Waals surface area contributed by atoms with Crippen LogP contribution in [-0.4, -0.2) is 44.9 Å². The van der Waals surface area contributed by atoms with Crippen molar-refractivity contribution in [2.75, 3.05) is 6.54 Å². The second-order valence-corrected chi connectivity index (χ2v) is 11.6. The number of imide groups is 1. The summed E-state index contributed by atoms with van der Waals surface area (Å²) in [6.07, 6.45) is 5.22. The number of carboxylic acid groups (broad SMARTS) is 1. The van der Waals surface area contributed by atoms with Gasteiger partial charge in [-0.1, -0.05) is 95.5 Å². The lowest BCUT2D eigenvalue weighted by Gasteiger charge is -2.31. The van der Waals surface area contributed by atoms with Gasteiger partial charge in [0.15, 0.2) is 0 Å². The molecule has 6 rings (SSSR count). The largest absolute Gasteiger partial charge is 0.480 e. The number of amides is 2. The number of rotatable bonds is 7. The minimum atomic E-state index is -1.82. The van der Waals surface area contributed by atoms with Crippen LogP contribution in [0.2, 0.25) is 15.1 Å². The van der Waals surface area contributed by atoms with Gasteiger partial charge in [-0.3, -0.25) is 24.6 Å². The van der Waals surface area contributed by atoms with Crippen LogP contribution in [0.3, 0.4) is 0 Å². The number of carbonyl (C=O) groups is 3. The quantitative estimate of drug-likeness (QED) is 0.172. The number of nitrogens with zero attached hydrogens (tertiary/aromatic N) is 1. The molecule has 3 aromatic carbocycles. The highest BCUT2D eigenvalue weighted by Crippen LogP contribution is 2.52. The minimum absolute atomic E-state index is 0.000893. The third kappa shape index (κ3) is 4.63. The van der Waals surface area contributed by atoms with Gasteiger partial charge < -0.3 is 10.1 Å². The van der Waals surface area contributed by atoms with E-state index in [1.165, 1.54) is 6.07 Å². The van der Waals surface area contributed by atoms with Gasteiger partial charge in [0, 0.05) is 41.1 Å². The SMILES string of the molecule is O=C1C2C(c3cc(Cl)cc(Cl)c3Cl)NC(Cc3c[nH]c4ccccc34)(C(=O)O)C2C(=O)N1CC=Cc1ccccc1. The second-order valence-electron chi connectivity index (χ2n) is 10.3. The number of aliphatic carboxylic acids is 1. The number of nitrogens with one attached hydrogen (secondary N) is 2. The van der Waals surface area contributed by atoms with Gasteiger partial charge in [-0.25, -0.2) is 0 Å². The van der Waals surface area contributed by atoms with Gasteiger partial charge in [-0.15, -0.1) is 0 Å². The predicted molar refractivity (Wildman–Crippen MR) is 159 cm³/mol. The van der Waals surface area contributed by atoms with Gasteiger partial charge in [0.2, 0.25) is 11.8 Å². The molecule has 0 bridgehead atoms. The Morgan fingerprint density at radius 3 is 2.49 bits per heavy atom. The van der Waals surface area contributed by atoms with Crippen molar-refractivity contribution in [2.24, 2.45) is 11.8 Å². The first-order chi connectivity index (χ1) is 19.7. The van der Waals surface area contributed by atoms with Gasteiger partial charge in [0.25, 0.3) is 0 Å². The number of aromatic nitrogens is 1. The molecule has 7 nitrogen and oxygen atoms in total. The van der Waals surface area contributed by atoms with Crippen molar-refractivity contribution >= 4 is 69.6 Å². The summed E-state index contributed by atoms with van der Waals surface area (Å²) in [4.78, 5) is 45.5. The summed E-state index contributed by atoms with van der Waals surface area (Å²) in [6, 6.07) is 19.1. The summed E-state index contributed by atoms with van der Waals surface area (Å²) in [5.74, 6) is -4.53. The molecule has 10 heteroatoms. The lowest BCUT2D eigenvalue weighted by molar-refractivity contribution is -0.151. The van der Waals surface area contributed by atoms with E-state index in [4.69, 9.17) is 34.8 Å². The van der Waals surface area contributed by atoms with Crippen molar-refractivity contribution in [3.63, 3.8) is 0 Å². The van der Waals surface area contributed by atoms with Crippen LogP contribution in [-0.2, 0) is 20.8 Å². The maximum Gasteiger partial charge on any atom is 0.325 e.